The fraction of sp³-hybridized carbons (Fsp3) is 0.208. The van der Waals surface area contributed by atoms with Gasteiger partial charge in [0.15, 0.2) is 0 Å². The Labute approximate surface area is 165 Å². The summed E-state index contributed by atoms with van der Waals surface area (Å²) in [6.45, 7) is 0.817. The molecule has 0 spiro atoms. The van der Waals surface area contributed by atoms with E-state index in [1.165, 1.54) is 12.1 Å². The molecule has 28 heavy (non-hydrogen) atoms. The van der Waals surface area contributed by atoms with Crippen LogP contribution >= 0.6 is 0 Å². The number of nitrogens with one attached hydrogen (secondary N) is 1. The second kappa shape index (κ2) is 9.81. The third-order valence-electron chi connectivity index (χ3n) is 4.71. The Bertz CT molecular complexity index is 827. The van der Waals surface area contributed by atoms with E-state index in [1.807, 2.05) is 43.4 Å². The summed E-state index contributed by atoms with van der Waals surface area (Å²) in [5.41, 5.74) is 3.30. The van der Waals surface area contributed by atoms with Gasteiger partial charge in [-0.05, 0) is 42.3 Å². The lowest BCUT2D eigenvalue weighted by Crippen LogP contribution is -2.38. The maximum Gasteiger partial charge on any atom is 0.234 e. The van der Waals surface area contributed by atoms with Gasteiger partial charge in [0.1, 0.15) is 5.82 Å². The van der Waals surface area contributed by atoms with E-state index in [0.717, 1.165) is 16.7 Å². The molecule has 0 unspecified atom stereocenters. The van der Waals surface area contributed by atoms with Gasteiger partial charge in [0.05, 0.1) is 12.6 Å². The zero-order chi connectivity index (χ0) is 19.8. The van der Waals surface area contributed by atoms with Gasteiger partial charge in [0.2, 0.25) is 5.91 Å². The molecule has 3 aromatic rings. The van der Waals surface area contributed by atoms with E-state index in [9.17, 15) is 9.18 Å². The van der Waals surface area contributed by atoms with Gasteiger partial charge in [0.25, 0.3) is 0 Å². The van der Waals surface area contributed by atoms with Gasteiger partial charge in [-0.15, -0.1) is 0 Å². The van der Waals surface area contributed by atoms with Crippen LogP contribution in [0.15, 0.2) is 84.9 Å². The Kier molecular flexibility index (Phi) is 6.93. The zero-order valence-electron chi connectivity index (χ0n) is 16.0. The van der Waals surface area contributed by atoms with Gasteiger partial charge in [-0.3, -0.25) is 9.69 Å². The van der Waals surface area contributed by atoms with Crippen molar-refractivity contribution in [1.82, 2.24) is 10.2 Å². The Morgan fingerprint density at radius 1 is 0.893 bits per heavy atom. The smallest absolute Gasteiger partial charge is 0.234 e. The van der Waals surface area contributed by atoms with Crippen LogP contribution in [0.2, 0.25) is 0 Å². The first-order valence-corrected chi connectivity index (χ1v) is 9.45. The number of amides is 1. The summed E-state index contributed by atoms with van der Waals surface area (Å²) in [7, 11) is 1.96. The van der Waals surface area contributed by atoms with Crippen molar-refractivity contribution in [3.8, 4) is 0 Å². The van der Waals surface area contributed by atoms with Crippen molar-refractivity contribution in [3.63, 3.8) is 0 Å². The first-order chi connectivity index (χ1) is 13.6. The van der Waals surface area contributed by atoms with E-state index < -0.39 is 0 Å². The fourth-order valence-corrected chi connectivity index (χ4v) is 3.34. The largest absolute Gasteiger partial charge is 0.355 e. The Balaban J connectivity index is 1.60. The molecule has 3 aromatic carbocycles. The molecule has 0 aliphatic heterocycles. The molecular weight excluding hydrogens is 351 g/mol. The van der Waals surface area contributed by atoms with E-state index in [1.54, 1.807) is 12.1 Å². The molecule has 0 radical (unpaired) electrons. The highest BCUT2D eigenvalue weighted by Gasteiger charge is 2.20. The third-order valence-corrected chi connectivity index (χ3v) is 4.71. The van der Waals surface area contributed by atoms with Gasteiger partial charge < -0.3 is 5.32 Å². The van der Waals surface area contributed by atoms with Crippen molar-refractivity contribution in [2.24, 2.45) is 0 Å². The highest BCUT2D eigenvalue weighted by atomic mass is 19.1. The van der Waals surface area contributed by atoms with Crippen LogP contribution < -0.4 is 5.32 Å². The summed E-state index contributed by atoms with van der Waals surface area (Å²) in [4.78, 5) is 14.5. The summed E-state index contributed by atoms with van der Waals surface area (Å²) < 4.78 is 13.0. The maximum absolute atomic E-state index is 13.0. The summed E-state index contributed by atoms with van der Waals surface area (Å²) in [6.07, 6.45) is 0.677. The number of likely N-dealkylation sites (N-methyl/N-ethyl adjacent to an activating group) is 1. The predicted octanol–water partition coefficient (Wildman–Crippen LogP) is 4.21. The quantitative estimate of drug-likeness (QED) is 0.639. The number of hydrogen-bond acceptors (Lipinski definition) is 2. The van der Waals surface area contributed by atoms with Gasteiger partial charge in [-0.25, -0.2) is 4.39 Å². The molecule has 0 aromatic heterocycles. The maximum atomic E-state index is 13.0. The monoisotopic (exact) mass is 376 g/mol. The van der Waals surface area contributed by atoms with E-state index in [-0.39, 0.29) is 24.3 Å². The molecule has 3 rings (SSSR count). The summed E-state index contributed by atoms with van der Waals surface area (Å²) in [5, 5.41) is 2.96. The molecule has 0 saturated heterocycles. The van der Waals surface area contributed by atoms with Gasteiger partial charge >= 0.3 is 0 Å². The molecule has 0 bridgehead atoms. The van der Waals surface area contributed by atoms with Gasteiger partial charge in [-0.2, -0.15) is 0 Å². The van der Waals surface area contributed by atoms with Crippen LogP contribution in [0.4, 0.5) is 4.39 Å². The number of carbonyl (C=O) groups is 1. The van der Waals surface area contributed by atoms with Crippen LogP contribution in [0.25, 0.3) is 0 Å². The average molecular weight is 376 g/mol. The molecular formula is C24H25FN2O. The van der Waals surface area contributed by atoms with Crippen molar-refractivity contribution in [3.05, 3.63) is 107 Å². The number of rotatable bonds is 8. The SMILES string of the molecule is CN(CC(=O)NCCc1ccc(F)cc1)C(c1ccccc1)c1ccccc1. The van der Waals surface area contributed by atoms with E-state index in [4.69, 9.17) is 0 Å². The molecule has 0 heterocycles. The Morgan fingerprint density at radius 3 is 1.96 bits per heavy atom. The molecule has 4 heteroatoms. The summed E-state index contributed by atoms with van der Waals surface area (Å²) in [5.74, 6) is -0.274. The number of halogens is 1. The van der Waals surface area contributed by atoms with Crippen molar-refractivity contribution in [2.75, 3.05) is 20.1 Å². The lowest BCUT2D eigenvalue weighted by atomic mass is 9.97. The summed E-state index contributed by atoms with van der Waals surface area (Å²) in [6, 6.07) is 26.8. The minimum absolute atomic E-state index is 0.00486. The molecule has 1 N–H and O–H groups in total. The summed E-state index contributed by atoms with van der Waals surface area (Å²) >= 11 is 0. The van der Waals surface area contributed by atoms with Gasteiger partial charge in [0, 0.05) is 6.54 Å². The minimum atomic E-state index is -0.248. The van der Waals surface area contributed by atoms with Crippen molar-refractivity contribution in [1.29, 1.82) is 0 Å². The van der Waals surface area contributed by atoms with Crippen LogP contribution in [0, 0.1) is 5.82 Å². The van der Waals surface area contributed by atoms with Crippen molar-refractivity contribution < 1.29 is 9.18 Å². The Hall–Kier alpha value is -2.98. The van der Waals surface area contributed by atoms with Crippen molar-refractivity contribution in [2.45, 2.75) is 12.5 Å². The molecule has 0 aliphatic rings. The Morgan fingerprint density at radius 2 is 1.43 bits per heavy atom. The second-order valence-corrected chi connectivity index (χ2v) is 6.87. The molecule has 0 fully saturated rings. The van der Waals surface area contributed by atoms with E-state index in [2.05, 4.69) is 34.5 Å². The normalized spacial score (nSPS) is 11.0. The van der Waals surface area contributed by atoms with E-state index >= 15 is 0 Å². The van der Waals surface area contributed by atoms with Crippen LogP contribution in [-0.4, -0.2) is 30.9 Å². The number of benzene rings is 3. The fourth-order valence-electron chi connectivity index (χ4n) is 3.34. The van der Waals surface area contributed by atoms with Crippen LogP contribution in [-0.2, 0) is 11.2 Å². The molecule has 144 valence electrons. The van der Waals surface area contributed by atoms with Crippen LogP contribution in [0.5, 0.6) is 0 Å². The minimum Gasteiger partial charge on any atom is -0.355 e. The molecule has 0 atom stereocenters. The zero-order valence-corrected chi connectivity index (χ0v) is 16.0. The number of carbonyl (C=O) groups excluding carboxylic acids is 1. The van der Waals surface area contributed by atoms with Gasteiger partial charge in [-0.1, -0.05) is 72.8 Å². The lowest BCUT2D eigenvalue weighted by molar-refractivity contribution is -0.122. The average Bonchev–Trinajstić information content (AvgIpc) is 2.71. The number of hydrogen-bond donors (Lipinski definition) is 1. The first-order valence-electron chi connectivity index (χ1n) is 9.45. The molecule has 3 nitrogen and oxygen atoms in total. The van der Waals surface area contributed by atoms with Crippen molar-refractivity contribution >= 4 is 5.91 Å². The predicted molar refractivity (Wildman–Crippen MR) is 110 cm³/mol. The topological polar surface area (TPSA) is 32.3 Å². The lowest BCUT2D eigenvalue weighted by Gasteiger charge is -2.28. The van der Waals surface area contributed by atoms with Crippen LogP contribution in [0.1, 0.15) is 22.7 Å². The molecule has 0 saturated carbocycles. The molecule has 0 aliphatic carbocycles. The van der Waals surface area contributed by atoms with E-state index in [0.29, 0.717) is 13.0 Å². The van der Waals surface area contributed by atoms with Crippen LogP contribution in [0.3, 0.4) is 0 Å². The second-order valence-electron chi connectivity index (χ2n) is 6.87. The standard InChI is InChI=1S/C24H25FN2O/c1-27(18-23(28)26-17-16-19-12-14-22(25)15-13-19)24(20-8-4-2-5-9-20)21-10-6-3-7-11-21/h2-15,24H,16-18H2,1H3,(H,26,28). The highest BCUT2D eigenvalue weighted by molar-refractivity contribution is 5.78. The first kappa shape index (κ1) is 19.8. The molecule has 1 amide bonds. The third kappa shape index (κ3) is 5.51. The highest BCUT2D eigenvalue weighted by Crippen LogP contribution is 2.27. The number of nitrogens with zero attached hydrogens (tertiary/aromatic N) is 1.